The summed E-state index contributed by atoms with van der Waals surface area (Å²) in [5, 5.41) is 21.5. The van der Waals surface area contributed by atoms with Crippen LogP contribution in [0.4, 0.5) is 12.9 Å². The second-order valence-corrected chi connectivity index (χ2v) is 1.95. The molecule has 0 heterocycles. The van der Waals surface area contributed by atoms with Crippen molar-refractivity contribution in [2.75, 3.05) is 0 Å². The van der Waals surface area contributed by atoms with E-state index in [1.807, 2.05) is 0 Å². The molecule has 9 heteroatoms. The van der Waals surface area contributed by atoms with Gasteiger partial charge in [0.2, 0.25) is 0 Å². The van der Waals surface area contributed by atoms with Crippen molar-refractivity contribution in [2.24, 2.45) is 0 Å². The van der Waals surface area contributed by atoms with Gasteiger partial charge in [-0.25, -0.2) is 0 Å². The third-order valence-electron chi connectivity index (χ3n) is 0. The molecule has 0 aromatic carbocycles. The maximum absolute atomic E-state index is 9.84. The van der Waals surface area contributed by atoms with Crippen LogP contribution in [-0.2, 0) is 17.6 Å². The third-order valence-corrected chi connectivity index (χ3v) is 0. The van der Waals surface area contributed by atoms with Gasteiger partial charge in [0.05, 0.1) is 0 Å². The van der Waals surface area contributed by atoms with Crippen LogP contribution in [0.15, 0.2) is 0 Å². The van der Waals surface area contributed by atoms with Crippen molar-refractivity contribution in [3.05, 3.63) is 0 Å². The van der Waals surface area contributed by atoms with Crippen molar-refractivity contribution in [1.29, 1.82) is 0 Å². The van der Waals surface area contributed by atoms with Crippen LogP contribution in [0.5, 0.6) is 0 Å². The molecule has 0 rings (SSSR count). The standard InChI is InChI=1S/BH3O3.4FH.Pd/c2-1(3)4;;;;;/h2-4H;4*1H;/q;;;;;+4/p-4. The summed E-state index contributed by atoms with van der Waals surface area (Å²) in [7, 11) is -2.17. The van der Waals surface area contributed by atoms with E-state index in [1.165, 1.54) is 0 Å². The topological polar surface area (TPSA) is 60.7 Å². The fourth-order valence-electron chi connectivity index (χ4n) is 0. The van der Waals surface area contributed by atoms with E-state index in [9.17, 15) is 12.9 Å². The van der Waals surface area contributed by atoms with Gasteiger partial charge in [-0.2, -0.15) is 0 Å². The average molecular weight is 244 g/mol. The van der Waals surface area contributed by atoms with E-state index in [4.69, 9.17) is 15.1 Å². The quantitative estimate of drug-likeness (QED) is 0.402. The molecule has 62 valence electrons. The van der Waals surface area contributed by atoms with Gasteiger partial charge < -0.3 is 15.1 Å². The summed E-state index contributed by atoms with van der Waals surface area (Å²) in [6.45, 7) is 0. The van der Waals surface area contributed by atoms with Crippen molar-refractivity contribution in [2.45, 2.75) is 0 Å². The molecule has 0 unspecified atom stereocenters. The van der Waals surface area contributed by atoms with Crippen molar-refractivity contribution in [3.63, 3.8) is 0 Å². The second-order valence-electron chi connectivity index (χ2n) is 0.617. The van der Waals surface area contributed by atoms with Crippen molar-refractivity contribution < 1.29 is 45.6 Å². The molecule has 0 amide bonds. The van der Waals surface area contributed by atoms with Crippen LogP contribution in [-0.4, -0.2) is 22.4 Å². The van der Waals surface area contributed by atoms with Gasteiger partial charge in [-0.1, -0.05) is 0 Å². The first-order chi connectivity index (χ1) is 3.73. The van der Waals surface area contributed by atoms with Gasteiger partial charge in [0.15, 0.2) is 0 Å². The molecule has 0 bridgehead atoms. The van der Waals surface area contributed by atoms with Crippen LogP contribution >= 0.6 is 0 Å². The van der Waals surface area contributed by atoms with Gasteiger partial charge in [0.25, 0.3) is 0 Å². The first kappa shape index (κ1) is 12.0. The van der Waals surface area contributed by atoms with E-state index in [-0.39, 0.29) is 0 Å². The van der Waals surface area contributed by atoms with Gasteiger partial charge in [0.1, 0.15) is 0 Å². The number of hydrogen-bond acceptors (Lipinski definition) is 3. The minimum atomic E-state index is -6.70. The Bertz CT molecular complexity index is 52.6. The van der Waals surface area contributed by atoms with Gasteiger partial charge in [-0.15, -0.1) is 0 Å². The van der Waals surface area contributed by atoms with Gasteiger partial charge in [-0.05, 0) is 0 Å². The summed E-state index contributed by atoms with van der Waals surface area (Å²) in [6, 6.07) is 0. The Hall–Kier alpha value is 0.327. The van der Waals surface area contributed by atoms with Crippen molar-refractivity contribution in [1.82, 2.24) is 0 Å². The number of hydrogen-bond donors (Lipinski definition) is 3. The molecule has 0 spiro atoms. The Morgan fingerprint density at radius 3 is 0.889 bits per heavy atom. The average Bonchev–Trinajstić information content (AvgIpc) is 1.19. The normalized spacial score (nSPS) is 11.4. The van der Waals surface area contributed by atoms with E-state index in [0.29, 0.717) is 0 Å². The molecule has 3 nitrogen and oxygen atoms in total. The van der Waals surface area contributed by atoms with E-state index in [1.54, 1.807) is 0 Å². The first-order valence-corrected chi connectivity index (χ1v) is 3.60. The van der Waals surface area contributed by atoms with E-state index < -0.39 is 24.9 Å². The van der Waals surface area contributed by atoms with Crippen LogP contribution in [0.2, 0.25) is 0 Å². The molecule has 0 saturated carbocycles. The van der Waals surface area contributed by atoms with Crippen LogP contribution in [0.1, 0.15) is 0 Å². The molecule has 0 aliphatic heterocycles. The van der Waals surface area contributed by atoms with Gasteiger partial charge >= 0.3 is 37.8 Å². The molecule has 0 aromatic rings. The van der Waals surface area contributed by atoms with Crippen LogP contribution in [0.3, 0.4) is 0 Å². The molecule has 9 heavy (non-hydrogen) atoms. The van der Waals surface area contributed by atoms with E-state index in [2.05, 4.69) is 0 Å². The fraction of sp³-hybridized carbons (Fsp3) is 0. The number of rotatable bonds is 0. The summed E-state index contributed by atoms with van der Waals surface area (Å²) in [4.78, 5) is 0. The van der Waals surface area contributed by atoms with E-state index in [0.717, 1.165) is 0 Å². The molecule has 0 saturated heterocycles. The zero-order valence-corrected chi connectivity index (χ0v) is 5.30. The van der Waals surface area contributed by atoms with Crippen LogP contribution < -0.4 is 0 Å². The molecular weight excluding hydrogens is 241 g/mol. The predicted octanol–water partition coefficient (Wildman–Crippen LogP) is -0.373. The van der Waals surface area contributed by atoms with Gasteiger partial charge in [0, 0.05) is 0 Å². The summed E-state index contributed by atoms with van der Waals surface area (Å²) >= 11 is -6.70. The third kappa shape index (κ3) is 3110. The Morgan fingerprint density at radius 2 is 0.889 bits per heavy atom. The SMILES string of the molecule is OB(O)O.[F][Pd]([F])([F])[F]. The van der Waals surface area contributed by atoms with Crippen molar-refractivity contribution in [3.8, 4) is 0 Å². The molecule has 0 fully saturated rings. The monoisotopic (exact) mass is 244 g/mol. The Morgan fingerprint density at radius 1 is 0.889 bits per heavy atom. The van der Waals surface area contributed by atoms with Gasteiger partial charge in [-0.3, -0.25) is 0 Å². The Kier molecular flexibility index (Phi) is 6.88. The molecule has 0 aromatic heterocycles. The molecular formula is H3BF4O3Pd. The molecule has 3 N–H and O–H groups in total. The minimum absolute atomic E-state index is 2.17. The van der Waals surface area contributed by atoms with Crippen LogP contribution in [0.25, 0.3) is 0 Å². The molecule has 0 aliphatic rings. The molecule has 0 atom stereocenters. The summed E-state index contributed by atoms with van der Waals surface area (Å²) < 4.78 is 39.4. The predicted molar refractivity (Wildman–Crippen MR) is 16.8 cm³/mol. The first-order valence-electron chi connectivity index (χ1n) is 1.25. The Labute approximate surface area is 53.6 Å². The second kappa shape index (κ2) is 5.14. The van der Waals surface area contributed by atoms with E-state index >= 15 is 0 Å². The summed E-state index contributed by atoms with van der Waals surface area (Å²) in [5.41, 5.74) is 0. The zero-order chi connectivity index (χ0) is 8.08. The maximum atomic E-state index is 9.84. The fourth-order valence-corrected chi connectivity index (χ4v) is 0. The Balaban J connectivity index is 0. The van der Waals surface area contributed by atoms with Crippen molar-refractivity contribution >= 4 is 7.32 Å². The summed E-state index contributed by atoms with van der Waals surface area (Å²) in [6.07, 6.45) is 0. The zero-order valence-electron chi connectivity index (χ0n) is 3.75. The summed E-state index contributed by atoms with van der Waals surface area (Å²) in [5.74, 6) is 0. The number of halogens is 4. The molecule has 0 radical (unpaired) electrons. The van der Waals surface area contributed by atoms with Crippen LogP contribution in [0, 0.1) is 0 Å². The molecule has 0 aliphatic carbocycles.